The van der Waals surface area contributed by atoms with Crippen LogP contribution in [0.15, 0.2) is 188 Å². The zero-order chi connectivity index (χ0) is 44.7. The van der Waals surface area contributed by atoms with Gasteiger partial charge in [0.1, 0.15) is 0 Å². The van der Waals surface area contributed by atoms with Gasteiger partial charge in [0.2, 0.25) is 0 Å². The van der Waals surface area contributed by atoms with Crippen LogP contribution in [0.5, 0.6) is 0 Å². The molecule has 8 rings (SSSR count). The minimum Gasteiger partial charge on any atom is -0.253 e. The van der Waals surface area contributed by atoms with E-state index in [9.17, 15) is 0 Å². The van der Waals surface area contributed by atoms with Gasteiger partial charge in [-0.2, -0.15) is 0 Å². The maximum Gasteiger partial charge on any atom is 0.0633 e. The van der Waals surface area contributed by atoms with Gasteiger partial charge < -0.3 is 0 Å². The molecule has 0 spiro atoms. The van der Waals surface area contributed by atoms with E-state index in [0.29, 0.717) is 0 Å². The summed E-state index contributed by atoms with van der Waals surface area (Å²) in [5.41, 5.74) is 22.9. The van der Waals surface area contributed by atoms with E-state index < -0.39 is 0 Å². The lowest BCUT2D eigenvalue weighted by Crippen LogP contribution is -2.15. The lowest BCUT2D eigenvalue weighted by Gasteiger charge is -2.23. The molecule has 1 heteroatoms. The standard InChI is InChI=1S/C31H30.C16H15N.C7H8.C4H8.C2H6/c1-19-11-7-8-12-23(19)25-15-21(3)26(16-20(25)2)27-18-28-24-13-9-10-14-29(24)31(5,6)30(28)17-22(27)4;1-13(15-9-5-3-6-10-15)17-14(2)16-11-7-4-8-12-16;1-7-5-3-2-4-6-7;1-4(2)3;1-2/h7-18H,1-6H3;3-12H,1H2,2H3;2-6H,1H3;1H2,2-3H3;1-2H3. The molecular weight excluding hydrogens is 735 g/mol. The second kappa shape index (κ2) is 22.3. The predicted octanol–water partition coefficient (Wildman–Crippen LogP) is 17.3. The molecule has 1 nitrogen and oxygen atoms in total. The Hall–Kier alpha value is -6.31. The summed E-state index contributed by atoms with van der Waals surface area (Å²) in [5, 5.41) is 0. The first-order chi connectivity index (χ1) is 29.2. The number of hydrogen-bond donors (Lipinski definition) is 0. The Morgan fingerprint density at radius 3 is 1.33 bits per heavy atom. The molecule has 0 N–H and O–H groups in total. The van der Waals surface area contributed by atoms with Gasteiger partial charge in [-0.25, -0.2) is 0 Å². The van der Waals surface area contributed by atoms with Gasteiger partial charge in [0.25, 0.3) is 0 Å². The summed E-state index contributed by atoms with van der Waals surface area (Å²) in [4.78, 5) is 4.54. The number of rotatable bonds is 5. The minimum absolute atomic E-state index is 0.0505. The van der Waals surface area contributed by atoms with Gasteiger partial charge in [-0.15, -0.1) is 6.58 Å². The molecule has 0 heterocycles. The maximum absolute atomic E-state index is 4.54. The third-order valence-electron chi connectivity index (χ3n) is 10.8. The van der Waals surface area contributed by atoms with Crippen molar-refractivity contribution in [2.75, 3.05) is 0 Å². The van der Waals surface area contributed by atoms with Crippen LogP contribution >= 0.6 is 0 Å². The highest BCUT2D eigenvalue weighted by Gasteiger charge is 2.35. The zero-order valence-electron chi connectivity index (χ0n) is 38.9. The fourth-order valence-electron chi connectivity index (χ4n) is 7.59. The number of hydrogen-bond acceptors (Lipinski definition) is 1. The van der Waals surface area contributed by atoms with Gasteiger partial charge in [-0.3, -0.25) is 4.99 Å². The van der Waals surface area contributed by atoms with Crippen molar-refractivity contribution in [2.24, 2.45) is 4.99 Å². The molecule has 7 aromatic carbocycles. The first-order valence-electron chi connectivity index (χ1n) is 21.6. The molecule has 1 aliphatic carbocycles. The Morgan fingerprint density at radius 1 is 0.410 bits per heavy atom. The number of aryl methyl sites for hydroxylation is 5. The molecule has 0 amide bonds. The summed E-state index contributed by atoms with van der Waals surface area (Å²) >= 11 is 0. The highest BCUT2D eigenvalue weighted by molar-refractivity contribution is 6.01. The molecule has 312 valence electrons. The summed E-state index contributed by atoms with van der Waals surface area (Å²) in [6.45, 7) is 33.2. The molecule has 0 atom stereocenters. The number of nitrogens with zero attached hydrogens (tertiary/aromatic N) is 1. The number of allylic oxidation sites excluding steroid dienone is 1. The summed E-state index contributed by atoms with van der Waals surface area (Å²) < 4.78 is 0. The fraction of sp³-hybridized carbons (Fsp3) is 0.217. The average molecular weight is 802 g/mol. The molecule has 1 aliphatic rings. The van der Waals surface area contributed by atoms with Crippen molar-refractivity contribution < 1.29 is 0 Å². The van der Waals surface area contributed by atoms with E-state index in [1.807, 2.05) is 101 Å². The zero-order valence-corrected chi connectivity index (χ0v) is 38.9. The van der Waals surface area contributed by atoms with E-state index in [-0.39, 0.29) is 5.41 Å². The molecule has 7 aromatic rings. The average Bonchev–Trinajstić information content (AvgIpc) is 3.48. The van der Waals surface area contributed by atoms with Crippen molar-refractivity contribution in [2.45, 2.75) is 88.5 Å². The third-order valence-corrected chi connectivity index (χ3v) is 10.8. The Labute approximate surface area is 369 Å². The van der Waals surface area contributed by atoms with E-state index in [1.165, 1.54) is 77.9 Å². The molecule has 0 aromatic heterocycles. The molecule has 0 saturated heterocycles. The van der Waals surface area contributed by atoms with Gasteiger partial charge in [-0.1, -0.05) is 203 Å². The monoisotopic (exact) mass is 802 g/mol. The normalized spacial score (nSPS) is 11.6. The molecule has 0 aliphatic heterocycles. The molecule has 61 heavy (non-hydrogen) atoms. The molecule has 0 fully saturated rings. The van der Waals surface area contributed by atoms with Crippen LogP contribution in [0.3, 0.4) is 0 Å². The van der Waals surface area contributed by atoms with Crippen LogP contribution in [0, 0.1) is 34.6 Å². The predicted molar refractivity (Wildman–Crippen MR) is 271 cm³/mol. The summed E-state index contributed by atoms with van der Waals surface area (Å²) in [6, 6.07) is 57.6. The smallest absolute Gasteiger partial charge is 0.0633 e. The highest BCUT2D eigenvalue weighted by atomic mass is 14.7. The van der Waals surface area contributed by atoms with Crippen LogP contribution in [0.2, 0.25) is 0 Å². The topological polar surface area (TPSA) is 12.4 Å². The second-order valence-corrected chi connectivity index (χ2v) is 16.4. The molecular formula is C60H67N. The lowest BCUT2D eigenvalue weighted by molar-refractivity contribution is 0.660. The maximum atomic E-state index is 4.54. The van der Waals surface area contributed by atoms with Crippen molar-refractivity contribution in [1.29, 1.82) is 0 Å². The Bertz CT molecular complexity index is 2550. The first-order valence-corrected chi connectivity index (χ1v) is 21.6. The van der Waals surface area contributed by atoms with Crippen LogP contribution in [0.4, 0.5) is 0 Å². The summed E-state index contributed by atoms with van der Waals surface area (Å²) in [6.07, 6.45) is 0. The van der Waals surface area contributed by atoms with Crippen LogP contribution in [-0.2, 0) is 5.41 Å². The van der Waals surface area contributed by atoms with Crippen LogP contribution < -0.4 is 0 Å². The SMILES string of the molecule is C=C(C)C.C=C(N=C(C)c1ccccc1)c1ccccc1.CC.Cc1ccccc1.Cc1ccccc1-c1cc(C)c(-c2cc3c(cc2C)C(C)(C)c2ccccc2-3)cc1C. The van der Waals surface area contributed by atoms with Crippen molar-refractivity contribution in [1.82, 2.24) is 0 Å². The summed E-state index contributed by atoms with van der Waals surface area (Å²) in [7, 11) is 0. The number of benzene rings is 7. The van der Waals surface area contributed by atoms with E-state index in [1.54, 1.807) is 0 Å². The van der Waals surface area contributed by atoms with Crippen LogP contribution in [0.25, 0.3) is 39.1 Å². The fourth-order valence-corrected chi connectivity index (χ4v) is 7.59. The van der Waals surface area contributed by atoms with Gasteiger partial charge in [0.05, 0.1) is 5.70 Å². The van der Waals surface area contributed by atoms with Gasteiger partial charge in [-0.05, 0) is 139 Å². The largest absolute Gasteiger partial charge is 0.253 e. The highest BCUT2D eigenvalue weighted by Crippen LogP contribution is 2.50. The quantitative estimate of drug-likeness (QED) is 0.121. The minimum atomic E-state index is 0.0505. The first kappa shape index (κ1) is 47.4. The molecule has 0 bridgehead atoms. The molecule has 0 unspecified atom stereocenters. The number of aliphatic imine (C=N–C) groups is 1. The van der Waals surface area contributed by atoms with E-state index in [0.717, 1.165) is 22.5 Å². The van der Waals surface area contributed by atoms with Crippen molar-refractivity contribution >= 4 is 11.4 Å². The van der Waals surface area contributed by atoms with E-state index in [4.69, 9.17) is 0 Å². The summed E-state index contributed by atoms with van der Waals surface area (Å²) in [5.74, 6) is 0. The Morgan fingerprint density at radius 2 is 0.820 bits per heavy atom. The van der Waals surface area contributed by atoms with Gasteiger partial charge in [0.15, 0.2) is 0 Å². The van der Waals surface area contributed by atoms with Crippen molar-refractivity contribution in [3.05, 3.63) is 233 Å². The van der Waals surface area contributed by atoms with Gasteiger partial charge >= 0.3 is 0 Å². The second-order valence-electron chi connectivity index (χ2n) is 16.4. The third kappa shape index (κ3) is 12.4. The Balaban J connectivity index is 0.000000227. The lowest BCUT2D eigenvalue weighted by atomic mass is 9.81. The van der Waals surface area contributed by atoms with Crippen LogP contribution in [0.1, 0.15) is 98.5 Å². The van der Waals surface area contributed by atoms with E-state index in [2.05, 4.69) is 164 Å². The van der Waals surface area contributed by atoms with Crippen molar-refractivity contribution in [3.63, 3.8) is 0 Å². The van der Waals surface area contributed by atoms with Crippen LogP contribution in [-0.4, -0.2) is 5.71 Å². The molecule has 0 radical (unpaired) electrons. The Kier molecular flexibility index (Phi) is 17.3. The van der Waals surface area contributed by atoms with E-state index >= 15 is 0 Å². The molecule has 0 saturated carbocycles. The van der Waals surface area contributed by atoms with Crippen molar-refractivity contribution in [3.8, 4) is 33.4 Å². The van der Waals surface area contributed by atoms with Gasteiger partial charge in [0, 0.05) is 11.1 Å². The number of fused-ring (bicyclic) bond motifs is 3.